The summed E-state index contributed by atoms with van der Waals surface area (Å²) < 4.78 is 29.9. The Morgan fingerprint density at radius 1 is 1.65 bits per heavy atom. The molecule has 0 aliphatic rings. The Bertz CT molecular complexity index is 498. The summed E-state index contributed by atoms with van der Waals surface area (Å²) in [5, 5.41) is 0. The summed E-state index contributed by atoms with van der Waals surface area (Å²) in [6.07, 6.45) is 2.88. The Balaban J connectivity index is 2.81. The summed E-state index contributed by atoms with van der Waals surface area (Å²) >= 11 is 3.90. The zero-order valence-electron chi connectivity index (χ0n) is 9.44. The van der Waals surface area contributed by atoms with E-state index in [1.165, 1.54) is 6.20 Å². The van der Waals surface area contributed by atoms with Crippen molar-refractivity contribution in [1.82, 2.24) is 9.10 Å². The van der Waals surface area contributed by atoms with Crippen molar-refractivity contribution in [2.24, 2.45) is 5.92 Å². The number of nitrogens with zero attached hydrogens (tertiary/aromatic N) is 1. The number of carbonyl (C=O) groups excluding carboxylic acids is 1. The van der Waals surface area contributed by atoms with Gasteiger partial charge >= 0.3 is 0 Å². The van der Waals surface area contributed by atoms with Crippen molar-refractivity contribution in [2.45, 2.75) is 30.9 Å². The molecule has 0 aliphatic carbocycles. The number of nitrogens with one attached hydrogen (secondary N) is 1. The van der Waals surface area contributed by atoms with Crippen LogP contribution in [0.2, 0.25) is 0 Å². The quantitative estimate of drug-likeness (QED) is 0.890. The molecule has 96 valence electrons. The third-order valence-corrected chi connectivity index (χ3v) is 5.93. The fraction of sp³-hybridized carbons (Fsp3) is 0.556. The highest BCUT2D eigenvalue weighted by Crippen LogP contribution is 2.25. The van der Waals surface area contributed by atoms with Crippen molar-refractivity contribution in [2.75, 3.05) is 0 Å². The monoisotopic (exact) mass is 340 g/mol. The van der Waals surface area contributed by atoms with E-state index in [-0.39, 0.29) is 10.1 Å². The fourth-order valence-electron chi connectivity index (χ4n) is 1.24. The number of aromatic nitrogens is 1. The van der Waals surface area contributed by atoms with Crippen LogP contribution in [0.1, 0.15) is 26.7 Å². The van der Waals surface area contributed by atoms with Gasteiger partial charge in [-0.15, -0.1) is 0 Å². The van der Waals surface area contributed by atoms with Gasteiger partial charge in [0, 0.05) is 5.92 Å². The number of amides is 1. The molecule has 1 amide bonds. The highest BCUT2D eigenvalue weighted by Gasteiger charge is 2.24. The minimum atomic E-state index is -3.80. The molecule has 0 spiro atoms. The molecule has 0 bridgehead atoms. The van der Waals surface area contributed by atoms with E-state index in [1.54, 1.807) is 6.92 Å². The van der Waals surface area contributed by atoms with Crippen LogP contribution in [0.25, 0.3) is 0 Å². The lowest BCUT2D eigenvalue weighted by Crippen LogP contribution is -2.34. The molecule has 0 saturated carbocycles. The smallest absolute Gasteiger partial charge is 0.274 e. The van der Waals surface area contributed by atoms with Gasteiger partial charge in [-0.3, -0.25) is 4.79 Å². The second kappa shape index (κ2) is 5.92. The van der Waals surface area contributed by atoms with Crippen LogP contribution in [0.4, 0.5) is 0 Å². The van der Waals surface area contributed by atoms with Crippen LogP contribution in [-0.2, 0) is 14.8 Å². The second-order valence-electron chi connectivity index (χ2n) is 3.62. The van der Waals surface area contributed by atoms with Crippen LogP contribution in [0, 0.1) is 5.92 Å². The molecule has 1 N–H and O–H groups in total. The van der Waals surface area contributed by atoms with E-state index in [9.17, 15) is 13.2 Å². The fourth-order valence-corrected chi connectivity index (χ4v) is 4.24. The highest BCUT2D eigenvalue weighted by molar-refractivity contribution is 9.10. The summed E-state index contributed by atoms with van der Waals surface area (Å²) in [6, 6.07) is 0. The number of carbonyl (C=O) groups is 1. The molecule has 1 atom stereocenters. The minimum Gasteiger partial charge on any atom is -0.274 e. The van der Waals surface area contributed by atoms with E-state index < -0.39 is 15.9 Å². The van der Waals surface area contributed by atoms with E-state index in [0.717, 1.165) is 18.0 Å². The number of halogens is 1. The topological polar surface area (TPSA) is 76.1 Å². The van der Waals surface area contributed by atoms with Gasteiger partial charge in [0.05, 0.1) is 10.7 Å². The summed E-state index contributed by atoms with van der Waals surface area (Å²) in [5.74, 6) is -0.798. The third-order valence-electron chi connectivity index (χ3n) is 2.14. The SMILES string of the molecule is CCCC(C)C(=O)NS(=O)(=O)c1sncc1Br. The van der Waals surface area contributed by atoms with Crippen molar-refractivity contribution in [3.05, 3.63) is 10.7 Å². The first kappa shape index (κ1) is 14.6. The molecule has 0 aromatic carbocycles. The average molecular weight is 341 g/mol. The van der Waals surface area contributed by atoms with Crippen LogP contribution < -0.4 is 4.72 Å². The van der Waals surface area contributed by atoms with Gasteiger partial charge in [-0.1, -0.05) is 20.3 Å². The van der Waals surface area contributed by atoms with Crippen molar-refractivity contribution in [3.63, 3.8) is 0 Å². The number of hydrogen-bond acceptors (Lipinski definition) is 5. The molecule has 1 unspecified atom stereocenters. The maximum absolute atomic E-state index is 11.8. The van der Waals surface area contributed by atoms with Crippen LogP contribution in [0.15, 0.2) is 14.9 Å². The molecular formula is C9H13BrN2O3S2. The van der Waals surface area contributed by atoms with Crippen molar-refractivity contribution >= 4 is 43.4 Å². The Morgan fingerprint density at radius 2 is 2.29 bits per heavy atom. The van der Waals surface area contributed by atoms with Gasteiger partial charge < -0.3 is 0 Å². The molecule has 1 rings (SSSR count). The average Bonchev–Trinajstić information content (AvgIpc) is 2.64. The molecule has 1 heterocycles. The van der Waals surface area contributed by atoms with Crippen LogP contribution >= 0.6 is 27.5 Å². The molecular weight excluding hydrogens is 328 g/mol. The summed E-state index contributed by atoms with van der Waals surface area (Å²) in [6.45, 7) is 3.65. The molecule has 0 saturated heterocycles. The predicted octanol–water partition coefficient (Wildman–Crippen LogP) is 2.15. The van der Waals surface area contributed by atoms with Crippen LogP contribution in [0.3, 0.4) is 0 Å². The molecule has 5 nitrogen and oxygen atoms in total. The standard InChI is InChI=1S/C9H13BrN2O3S2/c1-3-4-6(2)8(13)12-17(14,15)9-7(10)5-11-16-9/h5-6H,3-4H2,1-2H3,(H,12,13). The molecule has 0 aliphatic heterocycles. The highest BCUT2D eigenvalue weighted by atomic mass is 79.9. The maximum atomic E-state index is 11.8. The zero-order chi connectivity index (χ0) is 13.1. The number of rotatable bonds is 5. The first-order chi connectivity index (χ1) is 7.88. The van der Waals surface area contributed by atoms with E-state index in [1.807, 2.05) is 6.92 Å². The van der Waals surface area contributed by atoms with Gasteiger partial charge in [-0.25, -0.2) is 13.1 Å². The van der Waals surface area contributed by atoms with E-state index >= 15 is 0 Å². The Morgan fingerprint density at radius 3 is 2.76 bits per heavy atom. The number of sulfonamides is 1. The summed E-state index contributed by atoms with van der Waals surface area (Å²) in [4.78, 5) is 11.6. The molecule has 17 heavy (non-hydrogen) atoms. The van der Waals surface area contributed by atoms with Gasteiger partial charge in [0.2, 0.25) is 5.91 Å². The molecule has 1 aromatic heterocycles. The largest absolute Gasteiger partial charge is 0.276 e. The molecule has 8 heteroatoms. The summed E-state index contributed by atoms with van der Waals surface area (Å²) in [7, 11) is -3.80. The van der Waals surface area contributed by atoms with E-state index in [0.29, 0.717) is 10.9 Å². The van der Waals surface area contributed by atoms with Gasteiger partial charge in [-0.05, 0) is 33.9 Å². The third kappa shape index (κ3) is 3.75. The van der Waals surface area contributed by atoms with E-state index in [4.69, 9.17) is 0 Å². The second-order valence-corrected chi connectivity index (χ2v) is 7.15. The predicted molar refractivity (Wildman–Crippen MR) is 69.2 cm³/mol. The van der Waals surface area contributed by atoms with Gasteiger partial charge in [0.25, 0.3) is 10.0 Å². The van der Waals surface area contributed by atoms with Crippen molar-refractivity contribution in [3.8, 4) is 0 Å². The van der Waals surface area contributed by atoms with Gasteiger partial charge in [0.15, 0.2) is 4.21 Å². The Kier molecular flexibility index (Phi) is 5.08. The molecule has 0 radical (unpaired) electrons. The lowest BCUT2D eigenvalue weighted by molar-refractivity contribution is -0.122. The normalized spacial score (nSPS) is 13.4. The summed E-state index contributed by atoms with van der Waals surface area (Å²) in [5.41, 5.74) is 0. The Labute approximate surface area is 113 Å². The van der Waals surface area contributed by atoms with Crippen molar-refractivity contribution in [1.29, 1.82) is 0 Å². The van der Waals surface area contributed by atoms with Crippen LogP contribution in [-0.4, -0.2) is 18.7 Å². The minimum absolute atomic E-state index is 0.0227. The first-order valence-corrected chi connectivity index (χ1v) is 8.10. The molecule has 0 fully saturated rings. The lowest BCUT2D eigenvalue weighted by Gasteiger charge is -2.10. The first-order valence-electron chi connectivity index (χ1n) is 5.05. The van der Waals surface area contributed by atoms with E-state index in [2.05, 4.69) is 25.0 Å². The maximum Gasteiger partial charge on any atom is 0.276 e. The van der Waals surface area contributed by atoms with Crippen molar-refractivity contribution < 1.29 is 13.2 Å². The van der Waals surface area contributed by atoms with Crippen LogP contribution in [0.5, 0.6) is 0 Å². The lowest BCUT2D eigenvalue weighted by atomic mass is 10.1. The van der Waals surface area contributed by atoms with Gasteiger partial charge in [-0.2, -0.15) is 4.37 Å². The Hall–Kier alpha value is -0.470. The number of hydrogen-bond donors (Lipinski definition) is 1. The van der Waals surface area contributed by atoms with Gasteiger partial charge in [0.1, 0.15) is 0 Å². The zero-order valence-corrected chi connectivity index (χ0v) is 12.7. The molecule has 1 aromatic rings.